The Kier molecular flexibility index (Phi) is 2.21. The SMILES string of the molecule is O=C(c1n[nH]c(C2CC2)n1)N1Cc2ccccc2C1. The van der Waals surface area contributed by atoms with E-state index in [9.17, 15) is 4.79 Å². The van der Waals surface area contributed by atoms with Crippen LogP contribution < -0.4 is 0 Å². The molecule has 0 saturated heterocycles. The average molecular weight is 254 g/mol. The first kappa shape index (κ1) is 10.7. The number of fused-ring (bicyclic) bond motifs is 1. The van der Waals surface area contributed by atoms with Gasteiger partial charge in [-0.3, -0.25) is 9.89 Å². The van der Waals surface area contributed by atoms with Crippen molar-refractivity contribution in [3.63, 3.8) is 0 Å². The number of carbonyl (C=O) groups excluding carboxylic acids is 1. The summed E-state index contributed by atoms with van der Waals surface area (Å²) in [6.45, 7) is 1.31. The molecule has 0 atom stereocenters. The summed E-state index contributed by atoms with van der Waals surface area (Å²) in [5.41, 5.74) is 2.43. The summed E-state index contributed by atoms with van der Waals surface area (Å²) in [5, 5.41) is 6.94. The van der Waals surface area contributed by atoms with E-state index in [1.807, 2.05) is 12.1 Å². The summed E-state index contributed by atoms with van der Waals surface area (Å²) in [4.78, 5) is 18.5. The van der Waals surface area contributed by atoms with Crippen molar-refractivity contribution in [1.29, 1.82) is 0 Å². The third kappa shape index (κ3) is 1.82. The van der Waals surface area contributed by atoms with Crippen LogP contribution in [0.1, 0.15) is 46.3 Å². The molecule has 1 saturated carbocycles. The molecule has 1 aromatic heterocycles. The Balaban J connectivity index is 1.55. The van der Waals surface area contributed by atoms with Gasteiger partial charge in [-0.15, -0.1) is 5.10 Å². The second-order valence-corrected chi connectivity index (χ2v) is 5.25. The van der Waals surface area contributed by atoms with Crippen LogP contribution in [0.4, 0.5) is 0 Å². The molecule has 0 radical (unpaired) electrons. The molecule has 19 heavy (non-hydrogen) atoms. The van der Waals surface area contributed by atoms with Gasteiger partial charge in [-0.25, -0.2) is 4.98 Å². The van der Waals surface area contributed by atoms with Crippen LogP contribution in [0.15, 0.2) is 24.3 Å². The molecule has 0 spiro atoms. The molecule has 5 nitrogen and oxygen atoms in total. The lowest BCUT2D eigenvalue weighted by atomic mass is 10.1. The zero-order valence-electron chi connectivity index (χ0n) is 10.5. The fourth-order valence-electron chi connectivity index (χ4n) is 2.53. The second kappa shape index (κ2) is 3.91. The lowest BCUT2D eigenvalue weighted by Crippen LogP contribution is -2.26. The maximum absolute atomic E-state index is 12.4. The van der Waals surface area contributed by atoms with Gasteiger partial charge >= 0.3 is 0 Å². The van der Waals surface area contributed by atoms with Crippen molar-refractivity contribution in [2.24, 2.45) is 0 Å². The van der Waals surface area contributed by atoms with Gasteiger partial charge < -0.3 is 4.90 Å². The zero-order valence-corrected chi connectivity index (χ0v) is 10.5. The molecule has 2 heterocycles. The minimum absolute atomic E-state index is 0.0839. The molecule has 1 N–H and O–H groups in total. The molecule has 2 aromatic rings. The molecule has 1 fully saturated rings. The average Bonchev–Trinajstić information content (AvgIpc) is 3.03. The molecule has 1 aliphatic heterocycles. The van der Waals surface area contributed by atoms with E-state index < -0.39 is 0 Å². The highest BCUT2D eigenvalue weighted by atomic mass is 16.2. The normalized spacial score (nSPS) is 17.6. The van der Waals surface area contributed by atoms with Crippen molar-refractivity contribution < 1.29 is 4.79 Å². The molecule has 2 aliphatic rings. The summed E-state index contributed by atoms with van der Waals surface area (Å²) >= 11 is 0. The van der Waals surface area contributed by atoms with Crippen molar-refractivity contribution in [1.82, 2.24) is 20.1 Å². The number of nitrogens with zero attached hydrogens (tertiary/aromatic N) is 3. The number of H-pyrrole nitrogens is 1. The Morgan fingerprint density at radius 3 is 2.53 bits per heavy atom. The lowest BCUT2D eigenvalue weighted by molar-refractivity contribution is 0.0739. The standard InChI is InChI=1S/C14H14N4O/c19-14(13-15-12(16-17-13)9-5-6-9)18-7-10-3-1-2-4-11(10)8-18/h1-4,9H,5-8H2,(H,15,16,17). The highest BCUT2D eigenvalue weighted by molar-refractivity contribution is 5.90. The van der Waals surface area contributed by atoms with Crippen molar-refractivity contribution in [3.8, 4) is 0 Å². The van der Waals surface area contributed by atoms with Gasteiger partial charge in [-0.05, 0) is 24.0 Å². The quantitative estimate of drug-likeness (QED) is 0.889. The van der Waals surface area contributed by atoms with Crippen LogP contribution in [0, 0.1) is 0 Å². The van der Waals surface area contributed by atoms with Crippen LogP contribution in [0.2, 0.25) is 0 Å². The zero-order chi connectivity index (χ0) is 12.8. The number of hydrogen-bond donors (Lipinski definition) is 1. The molecular weight excluding hydrogens is 240 g/mol. The van der Waals surface area contributed by atoms with E-state index in [4.69, 9.17) is 0 Å². The van der Waals surface area contributed by atoms with E-state index in [0.717, 1.165) is 18.7 Å². The smallest absolute Gasteiger partial charge is 0.294 e. The van der Waals surface area contributed by atoms with Crippen molar-refractivity contribution >= 4 is 5.91 Å². The highest BCUT2D eigenvalue weighted by Gasteiger charge is 2.30. The van der Waals surface area contributed by atoms with Crippen molar-refractivity contribution in [3.05, 3.63) is 47.0 Å². The van der Waals surface area contributed by atoms with Crippen LogP contribution in [0.3, 0.4) is 0 Å². The fraction of sp³-hybridized carbons (Fsp3) is 0.357. The van der Waals surface area contributed by atoms with Gasteiger partial charge in [0.25, 0.3) is 5.91 Å². The van der Waals surface area contributed by atoms with Gasteiger partial charge in [0, 0.05) is 19.0 Å². The largest absolute Gasteiger partial charge is 0.327 e. The van der Waals surface area contributed by atoms with Crippen LogP contribution in [0.5, 0.6) is 0 Å². The van der Waals surface area contributed by atoms with Gasteiger partial charge in [-0.2, -0.15) is 0 Å². The number of nitrogens with one attached hydrogen (secondary N) is 1. The number of benzene rings is 1. The molecule has 1 amide bonds. The van der Waals surface area contributed by atoms with Crippen LogP contribution in [-0.2, 0) is 13.1 Å². The van der Waals surface area contributed by atoms with Crippen molar-refractivity contribution in [2.45, 2.75) is 31.8 Å². The number of aromatic amines is 1. The third-order valence-electron chi connectivity index (χ3n) is 3.79. The Morgan fingerprint density at radius 1 is 1.21 bits per heavy atom. The Morgan fingerprint density at radius 2 is 1.89 bits per heavy atom. The molecule has 96 valence electrons. The number of carbonyl (C=O) groups is 1. The Bertz CT molecular complexity index is 619. The van der Waals surface area contributed by atoms with Gasteiger partial charge in [0.1, 0.15) is 5.82 Å². The topological polar surface area (TPSA) is 61.9 Å². The summed E-state index contributed by atoms with van der Waals surface area (Å²) in [5.74, 6) is 1.57. The predicted molar refractivity (Wildman–Crippen MR) is 68.4 cm³/mol. The number of amides is 1. The van der Waals surface area contributed by atoms with Gasteiger partial charge in [0.05, 0.1) is 0 Å². The first-order valence-corrected chi connectivity index (χ1v) is 6.59. The fourth-order valence-corrected chi connectivity index (χ4v) is 2.53. The van der Waals surface area contributed by atoms with Crippen LogP contribution in [-0.4, -0.2) is 26.0 Å². The van der Waals surface area contributed by atoms with Crippen LogP contribution in [0.25, 0.3) is 0 Å². The van der Waals surface area contributed by atoms with Gasteiger partial charge in [-0.1, -0.05) is 24.3 Å². The number of rotatable bonds is 2. The lowest BCUT2D eigenvalue weighted by Gasteiger charge is -2.12. The number of aromatic nitrogens is 3. The summed E-state index contributed by atoms with van der Waals surface area (Å²) in [6.07, 6.45) is 2.30. The Labute approximate surface area is 110 Å². The summed E-state index contributed by atoms with van der Waals surface area (Å²) in [6, 6.07) is 8.14. The van der Waals surface area contributed by atoms with E-state index >= 15 is 0 Å². The van der Waals surface area contributed by atoms with E-state index in [1.165, 1.54) is 11.1 Å². The third-order valence-corrected chi connectivity index (χ3v) is 3.79. The maximum Gasteiger partial charge on any atom is 0.294 e. The summed E-state index contributed by atoms with van der Waals surface area (Å²) < 4.78 is 0. The molecule has 1 aliphatic carbocycles. The maximum atomic E-state index is 12.4. The minimum atomic E-state index is -0.0839. The number of hydrogen-bond acceptors (Lipinski definition) is 3. The first-order chi connectivity index (χ1) is 9.31. The van der Waals surface area contributed by atoms with Gasteiger partial charge in [0.2, 0.25) is 5.82 Å². The monoisotopic (exact) mass is 254 g/mol. The van der Waals surface area contributed by atoms with Crippen molar-refractivity contribution in [2.75, 3.05) is 0 Å². The molecule has 0 unspecified atom stereocenters. The highest BCUT2D eigenvalue weighted by Crippen LogP contribution is 2.37. The van der Waals surface area contributed by atoms with E-state index in [2.05, 4.69) is 27.3 Å². The first-order valence-electron chi connectivity index (χ1n) is 6.59. The molecule has 0 bridgehead atoms. The van der Waals surface area contributed by atoms with E-state index in [-0.39, 0.29) is 5.91 Å². The molecular formula is C14H14N4O. The van der Waals surface area contributed by atoms with Gasteiger partial charge in [0.15, 0.2) is 0 Å². The van der Waals surface area contributed by atoms with E-state index in [1.54, 1.807) is 4.90 Å². The Hall–Kier alpha value is -2.17. The summed E-state index contributed by atoms with van der Waals surface area (Å²) in [7, 11) is 0. The predicted octanol–water partition coefficient (Wildman–Crippen LogP) is 1.84. The molecule has 5 heteroatoms. The van der Waals surface area contributed by atoms with E-state index in [0.29, 0.717) is 24.8 Å². The van der Waals surface area contributed by atoms with Crippen LogP contribution >= 0.6 is 0 Å². The molecule has 4 rings (SSSR count). The molecule has 1 aromatic carbocycles. The minimum Gasteiger partial charge on any atom is -0.327 e. The second-order valence-electron chi connectivity index (χ2n) is 5.25.